The Morgan fingerprint density at radius 3 is 2.30 bits per heavy atom. The number of hydrogen-bond acceptors (Lipinski definition) is 4. The Hall–Kier alpha value is -1.51. The van der Waals surface area contributed by atoms with Crippen LogP contribution in [0.4, 0.5) is 32.2 Å². The van der Waals surface area contributed by atoms with E-state index in [0.717, 1.165) is 13.0 Å². The minimum Gasteiger partial charge on any atom is -0.368 e. The molecule has 1 aromatic rings. The predicted octanol–water partition coefficient (Wildman–Crippen LogP) is 3.27. The molecule has 2 rings (SSSR count). The molecule has 1 aliphatic heterocycles. The molecule has 0 amide bonds. The van der Waals surface area contributed by atoms with Crippen molar-refractivity contribution in [2.75, 3.05) is 51.6 Å². The van der Waals surface area contributed by atoms with Gasteiger partial charge < -0.3 is 15.5 Å². The number of rotatable bonds is 5. The smallest absolute Gasteiger partial charge is 0.368 e. The Labute approximate surface area is 188 Å². The molecule has 1 aromatic heterocycles. The average Bonchev–Trinajstić information content (AvgIpc) is 2.66. The van der Waals surface area contributed by atoms with Gasteiger partial charge in [0.2, 0.25) is 0 Å². The Bertz CT molecular complexity index is 688. The van der Waals surface area contributed by atoms with Crippen molar-refractivity contribution in [1.82, 2.24) is 20.1 Å². The molecule has 0 spiro atoms. The average molecular weight is 554 g/mol. The van der Waals surface area contributed by atoms with Gasteiger partial charge in [-0.25, -0.2) is 4.98 Å². The summed E-state index contributed by atoms with van der Waals surface area (Å²) in [5.74, 6) is 0.231. The van der Waals surface area contributed by atoms with Gasteiger partial charge in [0.1, 0.15) is 11.9 Å². The summed E-state index contributed by atoms with van der Waals surface area (Å²) in [6, 6.07) is 0.654. The van der Waals surface area contributed by atoms with Gasteiger partial charge in [0.05, 0.1) is 5.56 Å². The van der Waals surface area contributed by atoms with Crippen LogP contribution >= 0.6 is 24.0 Å². The second-order valence-corrected chi connectivity index (χ2v) is 6.54. The molecule has 1 fully saturated rings. The van der Waals surface area contributed by atoms with E-state index in [4.69, 9.17) is 0 Å². The molecule has 172 valence electrons. The van der Waals surface area contributed by atoms with Crippen LogP contribution in [0, 0.1) is 0 Å². The van der Waals surface area contributed by atoms with Crippen molar-refractivity contribution in [3.63, 3.8) is 0 Å². The molecule has 0 radical (unpaired) electrons. The van der Waals surface area contributed by atoms with E-state index >= 15 is 0 Å². The topological polar surface area (TPSA) is 55.8 Å². The van der Waals surface area contributed by atoms with E-state index in [1.807, 2.05) is 4.90 Å². The van der Waals surface area contributed by atoms with E-state index < -0.39 is 24.0 Å². The minimum absolute atomic E-state index is 0. The number of anilines is 1. The maximum Gasteiger partial charge on any atom is 0.419 e. The number of pyridine rings is 1. The fourth-order valence-electron chi connectivity index (χ4n) is 2.99. The number of aliphatic imine (C=N–C) groups is 1. The zero-order chi connectivity index (χ0) is 21.7. The van der Waals surface area contributed by atoms with E-state index in [2.05, 4.69) is 20.6 Å². The van der Waals surface area contributed by atoms with Gasteiger partial charge >= 0.3 is 12.4 Å². The van der Waals surface area contributed by atoms with Crippen LogP contribution in [-0.4, -0.2) is 79.3 Å². The lowest BCUT2D eigenvalue weighted by atomic mass is 10.2. The normalized spacial score (nSPS) is 17.3. The zero-order valence-electron chi connectivity index (χ0n) is 16.5. The number of aromatic nitrogens is 1. The van der Waals surface area contributed by atoms with E-state index in [-0.39, 0.29) is 56.0 Å². The van der Waals surface area contributed by atoms with Gasteiger partial charge in [0.15, 0.2) is 5.96 Å². The van der Waals surface area contributed by atoms with Gasteiger partial charge in [-0.05, 0) is 19.1 Å². The number of nitrogens with one attached hydrogen (secondary N) is 2. The van der Waals surface area contributed by atoms with Gasteiger partial charge in [0.25, 0.3) is 0 Å². The molecular formula is C17H25F6IN6. The predicted molar refractivity (Wildman–Crippen MR) is 113 cm³/mol. The Morgan fingerprint density at radius 2 is 1.77 bits per heavy atom. The largest absolute Gasteiger partial charge is 0.419 e. The maximum absolute atomic E-state index is 12.9. The van der Waals surface area contributed by atoms with Gasteiger partial charge in [0, 0.05) is 52.5 Å². The van der Waals surface area contributed by atoms with Crippen LogP contribution < -0.4 is 10.6 Å². The first-order valence-corrected chi connectivity index (χ1v) is 9.06. The second-order valence-electron chi connectivity index (χ2n) is 6.54. The van der Waals surface area contributed by atoms with Gasteiger partial charge in [-0.1, -0.05) is 0 Å². The Balaban J connectivity index is 0.00000450. The second kappa shape index (κ2) is 11.2. The number of nitrogens with zero attached hydrogens (tertiary/aromatic N) is 4. The van der Waals surface area contributed by atoms with Crippen molar-refractivity contribution in [3.05, 3.63) is 23.9 Å². The van der Waals surface area contributed by atoms with Crippen molar-refractivity contribution >= 4 is 35.8 Å². The monoisotopic (exact) mass is 554 g/mol. The maximum atomic E-state index is 12.9. The van der Waals surface area contributed by atoms with Crippen molar-refractivity contribution < 1.29 is 26.3 Å². The first-order valence-electron chi connectivity index (χ1n) is 9.06. The third-order valence-electron chi connectivity index (χ3n) is 4.66. The van der Waals surface area contributed by atoms with E-state index in [1.165, 1.54) is 17.2 Å². The minimum atomic E-state index is -4.51. The van der Waals surface area contributed by atoms with Crippen LogP contribution in [0.15, 0.2) is 23.3 Å². The van der Waals surface area contributed by atoms with Crippen molar-refractivity contribution in [2.45, 2.75) is 25.3 Å². The molecule has 1 saturated heterocycles. The molecule has 0 bridgehead atoms. The quantitative estimate of drug-likeness (QED) is 0.193. The van der Waals surface area contributed by atoms with Crippen LogP contribution in [0.1, 0.15) is 12.5 Å². The molecule has 1 unspecified atom stereocenters. The number of guanidine groups is 1. The van der Waals surface area contributed by atoms with Crippen molar-refractivity contribution in [1.29, 1.82) is 0 Å². The number of piperazine rings is 1. The first kappa shape index (κ1) is 26.5. The third-order valence-corrected chi connectivity index (χ3v) is 4.66. The van der Waals surface area contributed by atoms with Gasteiger partial charge in [-0.2, -0.15) is 26.3 Å². The van der Waals surface area contributed by atoms with Crippen molar-refractivity contribution in [3.8, 4) is 0 Å². The fraction of sp³-hybridized carbons (Fsp3) is 0.647. The molecule has 0 aliphatic carbocycles. The molecule has 13 heteroatoms. The van der Waals surface area contributed by atoms with Gasteiger partial charge in [-0.3, -0.25) is 9.89 Å². The highest BCUT2D eigenvalue weighted by molar-refractivity contribution is 14.0. The summed E-state index contributed by atoms with van der Waals surface area (Å²) in [7, 11) is 1.54. The third kappa shape index (κ3) is 7.32. The first-order chi connectivity index (χ1) is 13.5. The summed E-state index contributed by atoms with van der Waals surface area (Å²) >= 11 is 0. The van der Waals surface area contributed by atoms with E-state index in [9.17, 15) is 26.3 Å². The lowest BCUT2D eigenvalue weighted by molar-refractivity contribution is -0.181. The summed E-state index contributed by atoms with van der Waals surface area (Å²) in [6.07, 6.45) is -7.51. The molecule has 1 aliphatic rings. The Kier molecular flexibility index (Phi) is 9.91. The van der Waals surface area contributed by atoms with Crippen LogP contribution in [0.5, 0.6) is 0 Å². The van der Waals surface area contributed by atoms with Crippen molar-refractivity contribution in [2.24, 2.45) is 4.99 Å². The number of hydrogen-bond donors (Lipinski definition) is 2. The standard InChI is InChI=1S/C17H24F6N6.HI/c1-12(16(18,19)20)28-8-10-29(11-9-28)15(24-2)27-7-6-26-14-13(17(21,22)23)4-3-5-25-14;/h3-5,12H,6-11H2,1-2H3,(H,24,27)(H,25,26);1H. The van der Waals surface area contributed by atoms with Crippen LogP contribution in [0.3, 0.4) is 0 Å². The van der Waals surface area contributed by atoms with Crippen LogP contribution in [0.25, 0.3) is 0 Å². The zero-order valence-corrected chi connectivity index (χ0v) is 18.8. The van der Waals surface area contributed by atoms with Crippen LogP contribution in [-0.2, 0) is 6.18 Å². The van der Waals surface area contributed by atoms with Crippen LogP contribution in [0.2, 0.25) is 0 Å². The lowest BCUT2D eigenvalue weighted by Crippen LogP contribution is -2.57. The van der Waals surface area contributed by atoms with E-state index in [0.29, 0.717) is 19.0 Å². The summed E-state index contributed by atoms with van der Waals surface area (Å²) in [4.78, 5) is 11.0. The molecule has 0 saturated carbocycles. The SMILES string of the molecule is CN=C(NCCNc1ncccc1C(F)(F)F)N1CCN(C(C)C(F)(F)F)CC1.I. The molecular weight excluding hydrogens is 529 g/mol. The molecule has 1 atom stereocenters. The fourth-order valence-corrected chi connectivity index (χ4v) is 2.99. The number of alkyl halides is 6. The number of halogens is 7. The Morgan fingerprint density at radius 1 is 1.13 bits per heavy atom. The molecule has 6 nitrogen and oxygen atoms in total. The van der Waals surface area contributed by atoms with Gasteiger partial charge in [-0.15, -0.1) is 24.0 Å². The lowest BCUT2D eigenvalue weighted by Gasteiger charge is -2.39. The molecule has 0 aromatic carbocycles. The summed E-state index contributed by atoms with van der Waals surface area (Å²) in [5, 5.41) is 5.65. The summed E-state index contributed by atoms with van der Waals surface area (Å²) in [6.45, 7) is 2.77. The molecule has 30 heavy (non-hydrogen) atoms. The summed E-state index contributed by atoms with van der Waals surface area (Å²) in [5.41, 5.74) is -0.848. The van der Waals surface area contributed by atoms with E-state index in [1.54, 1.807) is 7.05 Å². The highest BCUT2D eigenvalue weighted by Gasteiger charge is 2.41. The molecule has 2 N–H and O–H groups in total. The molecule has 2 heterocycles. The summed E-state index contributed by atoms with van der Waals surface area (Å²) < 4.78 is 77.3. The highest BCUT2D eigenvalue weighted by Crippen LogP contribution is 2.33. The highest BCUT2D eigenvalue weighted by atomic mass is 127.